The molecule has 1 saturated carbocycles. The number of rotatable bonds is 12. The fraction of sp³-hybridized carbons (Fsp3) is 0.588. The highest BCUT2D eigenvalue weighted by Gasteiger charge is 2.43. The SMILES string of the molecule is CC(C)c1cccc(CNC[C@@H](O)C(Cc2ccccc2)NC(=O)[C@@H]2CCC[C@H](C(C)(C)N3CCCC3=O)C2)c1. The lowest BCUT2D eigenvalue weighted by Gasteiger charge is -2.45. The Labute approximate surface area is 240 Å². The summed E-state index contributed by atoms with van der Waals surface area (Å²) in [7, 11) is 0. The molecular formula is C34H49N3O3. The van der Waals surface area contributed by atoms with Crippen LogP contribution in [-0.2, 0) is 22.6 Å². The molecule has 218 valence electrons. The van der Waals surface area contributed by atoms with Crippen molar-refractivity contribution < 1.29 is 14.7 Å². The molecule has 0 bridgehead atoms. The van der Waals surface area contributed by atoms with E-state index in [1.807, 2.05) is 35.2 Å². The molecule has 1 aliphatic heterocycles. The maximum absolute atomic E-state index is 13.6. The van der Waals surface area contributed by atoms with Gasteiger partial charge in [-0.3, -0.25) is 9.59 Å². The van der Waals surface area contributed by atoms with Gasteiger partial charge in [-0.15, -0.1) is 0 Å². The molecule has 1 aliphatic carbocycles. The van der Waals surface area contributed by atoms with Crippen molar-refractivity contribution in [3.8, 4) is 0 Å². The molecule has 0 spiro atoms. The first-order valence-electron chi connectivity index (χ1n) is 15.3. The van der Waals surface area contributed by atoms with Gasteiger partial charge in [-0.1, -0.05) is 74.9 Å². The summed E-state index contributed by atoms with van der Waals surface area (Å²) in [6.07, 6.45) is 5.06. The van der Waals surface area contributed by atoms with E-state index in [2.05, 4.69) is 62.6 Å². The quantitative estimate of drug-likeness (QED) is 0.341. The Morgan fingerprint density at radius 1 is 1.05 bits per heavy atom. The number of hydrogen-bond acceptors (Lipinski definition) is 4. The second-order valence-electron chi connectivity index (χ2n) is 12.8. The standard InChI is InChI=1S/C34H49N3O3/c1-24(2)27-14-8-13-26(19-27)22-35-23-31(38)30(20-25-11-6-5-7-12-25)36-33(40)28-15-9-16-29(21-28)34(3,4)37-18-10-17-32(37)39/h5-8,11-14,19,24,28-31,35,38H,9-10,15-18,20-23H2,1-4H3,(H,36,40)/t28-,29+,30?,31-/m1/s1. The molecule has 4 rings (SSSR count). The molecule has 3 N–H and O–H groups in total. The summed E-state index contributed by atoms with van der Waals surface area (Å²) >= 11 is 0. The molecule has 2 fully saturated rings. The highest BCUT2D eigenvalue weighted by Crippen LogP contribution is 2.40. The first-order valence-corrected chi connectivity index (χ1v) is 15.3. The van der Waals surface area contributed by atoms with Crippen molar-refractivity contribution in [3.05, 3.63) is 71.3 Å². The number of aliphatic hydroxyl groups is 1. The van der Waals surface area contributed by atoms with E-state index in [0.29, 0.717) is 37.8 Å². The molecule has 40 heavy (non-hydrogen) atoms. The van der Waals surface area contributed by atoms with Gasteiger partial charge in [0.1, 0.15) is 0 Å². The van der Waals surface area contributed by atoms with Crippen LogP contribution in [-0.4, -0.2) is 52.6 Å². The molecule has 2 aromatic rings. The Balaban J connectivity index is 1.39. The number of aliphatic hydroxyl groups excluding tert-OH is 1. The van der Waals surface area contributed by atoms with Crippen LogP contribution in [0.25, 0.3) is 0 Å². The number of carbonyl (C=O) groups excluding carboxylic acids is 2. The monoisotopic (exact) mass is 547 g/mol. The fourth-order valence-corrected chi connectivity index (χ4v) is 6.57. The second kappa shape index (κ2) is 13.8. The van der Waals surface area contributed by atoms with Gasteiger partial charge in [0, 0.05) is 37.5 Å². The molecule has 0 aromatic heterocycles. The number of nitrogens with zero attached hydrogens (tertiary/aromatic N) is 1. The van der Waals surface area contributed by atoms with Gasteiger partial charge < -0.3 is 20.6 Å². The van der Waals surface area contributed by atoms with E-state index >= 15 is 0 Å². The Morgan fingerprint density at radius 2 is 1.80 bits per heavy atom. The number of nitrogens with one attached hydrogen (secondary N) is 2. The third-order valence-corrected chi connectivity index (χ3v) is 9.20. The molecule has 1 unspecified atom stereocenters. The first kappa shape index (κ1) is 30.3. The van der Waals surface area contributed by atoms with E-state index in [1.165, 1.54) is 11.1 Å². The third kappa shape index (κ3) is 7.73. The lowest BCUT2D eigenvalue weighted by atomic mass is 9.71. The second-order valence-corrected chi connectivity index (χ2v) is 12.8. The molecule has 2 aliphatic rings. The first-order chi connectivity index (χ1) is 19.1. The van der Waals surface area contributed by atoms with Crippen LogP contribution >= 0.6 is 0 Å². The number of amides is 2. The smallest absolute Gasteiger partial charge is 0.223 e. The Kier molecular flexibility index (Phi) is 10.4. The lowest BCUT2D eigenvalue weighted by Crippen LogP contribution is -2.53. The summed E-state index contributed by atoms with van der Waals surface area (Å²) in [5.41, 5.74) is 3.34. The van der Waals surface area contributed by atoms with E-state index in [4.69, 9.17) is 0 Å². The van der Waals surface area contributed by atoms with Crippen molar-refractivity contribution in [2.75, 3.05) is 13.1 Å². The molecule has 0 radical (unpaired) electrons. The summed E-state index contributed by atoms with van der Waals surface area (Å²) in [5.74, 6) is 0.925. The van der Waals surface area contributed by atoms with Crippen LogP contribution in [0.15, 0.2) is 54.6 Å². The van der Waals surface area contributed by atoms with Crippen LogP contribution in [0, 0.1) is 11.8 Å². The van der Waals surface area contributed by atoms with E-state index in [9.17, 15) is 14.7 Å². The van der Waals surface area contributed by atoms with E-state index in [-0.39, 0.29) is 23.3 Å². The summed E-state index contributed by atoms with van der Waals surface area (Å²) in [6.45, 7) is 10.6. The molecular weight excluding hydrogens is 498 g/mol. The highest BCUT2D eigenvalue weighted by molar-refractivity contribution is 5.80. The molecule has 2 aromatic carbocycles. The predicted molar refractivity (Wildman–Crippen MR) is 161 cm³/mol. The lowest BCUT2D eigenvalue weighted by molar-refractivity contribution is -0.135. The van der Waals surface area contributed by atoms with Crippen LogP contribution in [0.5, 0.6) is 0 Å². The maximum atomic E-state index is 13.6. The highest BCUT2D eigenvalue weighted by atomic mass is 16.3. The van der Waals surface area contributed by atoms with Crippen molar-refractivity contribution in [1.29, 1.82) is 0 Å². The average molecular weight is 548 g/mol. The topological polar surface area (TPSA) is 81.7 Å². The molecule has 2 amide bonds. The van der Waals surface area contributed by atoms with Gasteiger partial charge in [0.05, 0.1) is 12.1 Å². The predicted octanol–water partition coefficient (Wildman–Crippen LogP) is 5.20. The number of benzene rings is 2. The minimum atomic E-state index is -0.726. The van der Waals surface area contributed by atoms with Gasteiger partial charge >= 0.3 is 0 Å². The third-order valence-electron chi connectivity index (χ3n) is 9.20. The van der Waals surface area contributed by atoms with Gasteiger partial charge in [0.25, 0.3) is 0 Å². The van der Waals surface area contributed by atoms with Crippen LogP contribution in [0.4, 0.5) is 0 Å². The average Bonchev–Trinajstić information content (AvgIpc) is 3.40. The Morgan fingerprint density at radius 3 is 2.50 bits per heavy atom. The van der Waals surface area contributed by atoms with Crippen LogP contribution < -0.4 is 10.6 Å². The minimum Gasteiger partial charge on any atom is -0.390 e. The zero-order valence-corrected chi connectivity index (χ0v) is 24.9. The summed E-state index contributed by atoms with van der Waals surface area (Å²) in [4.78, 5) is 28.2. The van der Waals surface area contributed by atoms with Crippen molar-refractivity contribution in [2.45, 2.75) is 103 Å². The van der Waals surface area contributed by atoms with Crippen molar-refractivity contribution in [1.82, 2.24) is 15.5 Å². The maximum Gasteiger partial charge on any atom is 0.223 e. The number of carbonyl (C=O) groups is 2. The van der Waals surface area contributed by atoms with Crippen molar-refractivity contribution in [2.24, 2.45) is 11.8 Å². The summed E-state index contributed by atoms with van der Waals surface area (Å²) in [5, 5.41) is 17.9. The van der Waals surface area contributed by atoms with Crippen LogP contribution in [0.3, 0.4) is 0 Å². The zero-order valence-electron chi connectivity index (χ0n) is 24.9. The van der Waals surface area contributed by atoms with E-state index < -0.39 is 12.1 Å². The largest absolute Gasteiger partial charge is 0.390 e. The molecule has 6 heteroatoms. The van der Waals surface area contributed by atoms with Crippen molar-refractivity contribution in [3.63, 3.8) is 0 Å². The van der Waals surface area contributed by atoms with Gasteiger partial charge in [0.2, 0.25) is 11.8 Å². The molecule has 1 heterocycles. The molecule has 6 nitrogen and oxygen atoms in total. The minimum absolute atomic E-state index is 0.0258. The van der Waals surface area contributed by atoms with E-state index in [1.54, 1.807) is 0 Å². The van der Waals surface area contributed by atoms with Gasteiger partial charge in [0.15, 0.2) is 0 Å². The van der Waals surface area contributed by atoms with Crippen LogP contribution in [0.2, 0.25) is 0 Å². The van der Waals surface area contributed by atoms with E-state index in [0.717, 1.165) is 44.2 Å². The van der Waals surface area contributed by atoms with Crippen molar-refractivity contribution >= 4 is 11.8 Å². The number of likely N-dealkylation sites (tertiary alicyclic amines) is 1. The van der Waals surface area contributed by atoms with Gasteiger partial charge in [-0.2, -0.15) is 0 Å². The normalized spacial score (nSPS) is 21.4. The van der Waals surface area contributed by atoms with Gasteiger partial charge in [-0.05, 0) is 74.5 Å². The molecule has 4 atom stereocenters. The Bertz CT molecular complexity index is 1120. The summed E-state index contributed by atoms with van der Waals surface area (Å²) < 4.78 is 0. The Hall–Kier alpha value is -2.70. The van der Waals surface area contributed by atoms with Crippen LogP contribution in [0.1, 0.15) is 88.8 Å². The zero-order chi connectivity index (χ0) is 28.7. The molecule has 1 saturated heterocycles. The number of hydrogen-bond donors (Lipinski definition) is 3. The fourth-order valence-electron chi connectivity index (χ4n) is 6.57. The summed E-state index contributed by atoms with van der Waals surface area (Å²) in [6, 6.07) is 18.2. The van der Waals surface area contributed by atoms with Gasteiger partial charge in [-0.25, -0.2) is 0 Å².